The predicted molar refractivity (Wildman–Crippen MR) is 116 cm³/mol. The molecule has 2 atom stereocenters. The molecule has 0 radical (unpaired) electrons. The Hall–Kier alpha value is -0.973. The lowest BCUT2D eigenvalue weighted by molar-refractivity contribution is 0.179. The monoisotopic (exact) mass is 377 g/mol. The zero-order valence-corrected chi connectivity index (χ0v) is 19.3. The van der Waals surface area contributed by atoms with Gasteiger partial charge in [0.25, 0.3) is 0 Å². The highest BCUT2D eigenvalue weighted by atomic mass is 32.1. The van der Waals surface area contributed by atoms with Crippen LogP contribution in [0.15, 0.2) is 35.3 Å². The van der Waals surface area contributed by atoms with Gasteiger partial charge in [-0.3, -0.25) is 0 Å². The van der Waals surface area contributed by atoms with Crippen LogP contribution in [0, 0.1) is 12.8 Å². The lowest BCUT2D eigenvalue weighted by Crippen LogP contribution is -2.45. The standard InChI is InChI=1S/C21H35NOSSi/c1-11-15(2)12-16(3)20(23-25(9,10)21(6,7)8)17(4)13-19-14-24-18(5)22-19/h11-14,16,20H,1H2,2-10H3/t16-,20-/m0/s1. The maximum atomic E-state index is 6.82. The Morgan fingerprint density at radius 1 is 1.32 bits per heavy atom. The Labute approximate surface area is 159 Å². The molecule has 0 aliphatic rings. The first-order valence-corrected chi connectivity index (χ1v) is 12.7. The smallest absolute Gasteiger partial charge is 0.192 e. The van der Waals surface area contributed by atoms with Crippen LogP contribution in [0.25, 0.3) is 6.08 Å². The third-order valence-electron chi connectivity index (χ3n) is 5.01. The number of rotatable bonds is 7. The van der Waals surface area contributed by atoms with Crippen LogP contribution in [0.1, 0.15) is 52.2 Å². The summed E-state index contributed by atoms with van der Waals surface area (Å²) in [5, 5.41) is 3.38. The molecule has 0 N–H and O–H groups in total. The second-order valence-electron chi connectivity index (χ2n) is 8.45. The number of thiazole rings is 1. The number of nitrogens with zero attached hydrogens (tertiary/aromatic N) is 1. The van der Waals surface area contributed by atoms with Gasteiger partial charge in [0.15, 0.2) is 8.32 Å². The van der Waals surface area contributed by atoms with Crippen LogP contribution in [-0.2, 0) is 4.43 Å². The molecule has 0 bridgehead atoms. The lowest BCUT2D eigenvalue weighted by atomic mass is 9.95. The van der Waals surface area contributed by atoms with Gasteiger partial charge in [-0.1, -0.05) is 52.0 Å². The fraction of sp³-hybridized carbons (Fsp3) is 0.571. The summed E-state index contributed by atoms with van der Waals surface area (Å²) in [6, 6.07) is 0. The summed E-state index contributed by atoms with van der Waals surface area (Å²) in [7, 11) is -1.88. The van der Waals surface area contributed by atoms with Crippen molar-refractivity contribution in [1.82, 2.24) is 4.98 Å². The Morgan fingerprint density at radius 3 is 2.36 bits per heavy atom. The van der Waals surface area contributed by atoms with E-state index >= 15 is 0 Å². The third kappa shape index (κ3) is 6.35. The minimum atomic E-state index is -1.88. The second-order valence-corrected chi connectivity index (χ2v) is 14.3. The lowest BCUT2D eigenvalue weighted by Gasteiger charge is -2.41. The van der Waals surface area contributed by atoms with E-state index in [0.29, 0.717) is 0 Å². The molecule has 2 nitrogen and oxygen atoms in total. The quantitative estimate of drug-likeness (QED) is 0.376. The van der Waals surface area contributed by atoms with E-state index in [4.69, 9.17) is 4.43 Å². The molecule has 1 aromatic heterocycles. The van der Waals surface area contributed by atoms with Gasteiger partial charge in [-0.25, -0.2) is 4.98 Å². The molecular weight excluding hydrogens is 342 g/mol. The highest BCUT2D eigenvalue weighted by Crippen LogP contribution is 2.39. The topological polar surface area (TPSA) is 22.1 Å². The van der Waals surface area contributed by atoms with E-state index in [2.05, 4.69) is 83.7 Å². The molecule has 0 saturated heterocycles. The minimum Gasteiger partial charge on any atom is -0.410 e. The number of aryl methyl sites for hydroxylation is 1. The summed E-state index contributed by atoms with van der Waals surface area (Å²) in [4.78, 5) is 4.58. The molecule has 0 aliphatic heterocycles. The maximum absolute atomic E-state index is 6.82. The van der Waals surface area contributed by atoms with Gasteiger partial charge < -0.3 is 4.43 Å². The molecule has 1 heterocycles. The average molecular weight is 378 g/mol. The molecule has 140 valence electrons. The molecule has 1 aromatic rings. The summed E-state index contributed by atoms with van der Waals surface area (Å²) in [5.74, 6) is 0.281. The molecular formula is C21H35NOSSi. The number of aromatic nitrogens is 1. The molecule has 0 saturated carbocycles. The van der Waals surface area contributed by atoms with E-state index in [-0.39, 0.29) is 17.1 Å². The average Bonchev–Trinajstić information content (AvgIpc) is 2.88. The Bertz CT molecular complexity index is 649. The number of allylic oxidation sites excluding steroid dienone is 2. The molecule has 0 spiro atoms. The van der Waals surface area contributed by atoms with Crippen LogP contribution in [0.5, 0.6) is 0 Å². The first-order chi connectivity index (χ1) is 11.4. The van der Waals surface area contributed by atoms with Crippen LogP contribution in [-0.4, -0.2) is 19.4 Å². The number of hydrogen-bond acceptors (Lipinski definition) is 3. The molecule has 0 amide bonds. The SMILES string of the molecule is C=CC(C)=C[C@H](C)[C@H](O[Si](C)(C)C(C)(C)C)C(C)=Cc1csc(C)n1. The summed E-state index contributed by atoms with van der Waals surface area (Å²) in [6.45, 7) is 23.9. The fourth-order valence-corrected chi connectivity index (χ4v) is 4.40. The Morgan fingerprint density at radius 2 is 1.92 bits per heavy atom. The first kappa shape index (κ1) is 22.1. The van der Waals surface area contributed by atoms with Gasteiger partial charge in [0.1, 0.15) is 0 Å². The fourth-order valence-electron chi connectivity index (χ4n) is 2.44. The van der Waals surface area contributed by atoms with Gasteiger partial charge in [0.2, 0.25) is 0 Å². The van der Waals surface area contributed by atoms with Crippen molar-refractivity contribution in [2.75, 3.05) is 0 Å². The van der Waals surface area contributed by atoms with Crippen molar-refractivity contribution in [3.8, 4) is 0 Å². The largest absolute Gasteiger partial charge is 0.410 e. The van der Waals surface area contributed by atoms with Crippen molar-refractivity contribution in [2.24, 2.45) is 5.92 Å². The molecule has 1 rings (SSSR count). The van der Waals surface area contributed by atoms with Crippen molar-refractivity contribution in [3.63, 3.8) is 0 Å². The van der Waals surface area contributed by atoms with E-state index in [0.717, 1.165) is 10.7 Å². The van der Waals surface area contributed by atoms with Gasteiger partial charge in [-0.15, -0.1) is 11.3 Å². The van der Waals surface area contributed by atoms with Gasteiger partial charge in [0, 0.05) is 11.3 Å². The van der Waals surface area contributed by atoms with Gasteiger partial charge >= 0.3 is 0 Å². The normalized spacial score (nSPS) is 16.7. The molecule has 0 aromatic carbocycles. The summed E-state index contributed by atoms with van der Waals surface area (Å²) >= 11 is 1.69. The third-order valence-corrected chi connectivity index (χ3v) is 10.3. The van der Waals surface area contributed by atoms with Crippen LogP contribution >= 0.6 is 11.3 Å². The van der Waals surface area contributed by atoms with Crippen molar-refractivity contribution in [1.29, 1.82) is 0 Å². The first-order valence-electron chi connectivity index (χ1n) is 8.96. The van der Waals surface area contributed by atoms with Gasteiger partial charge in [0.05, 0.1) is 16.8 Å². The van der Waals surface area contributed by atoms with Crippen molar-refractivity contribution in [2.45, 2.75) is 72.7 Å². The van der Waals surface area contributed by atoms with E-state index in [1.165, 1.54) is 11.1 Å². The molecule has 0 fully saturated rings. The van der Waals surface area contributed by atoms with Crippen molar-refractivity contribution < 1.29 is 4.43 Å². The van der Waals surface area contributed by atoms with Crippen LogP contribution in [0.3, 0.4) is 0 Å². The van der Waals surface area contributed by atoms with E-state index in [9.17, 15) is 0 Å². The van der Waals surface area contributed by atoms with E-state index in [1.807, 2.05) is 13.0 Å². The van der Waals surface area contributed by atoms with Crippen LogP contribution in [0.2, 0.25) is 18.1 Å². The highest BCUT2D eigenvalue weighted by Gasteiger charge is 2.40. The van der Waals surface area contributed by atoms with Crippen LogP contribution in [0.4, 0.5) is 0 Å². The Balaban J connectivity index is 3.22. The molecule has 25 heavy (non-hydrogen) atoms. The van der Waals surface area contributed by atoms with Gasteiger partial charge in [-0.2, -0.15) is 0 Å². The zero-order chi connectivity index (χ0) is 19.4. The minimum absolute atomic E-state index is 0.0535. The Kier molecular flexibility index (Phi) is 7.60. The molecule has 0 aliphatic carbocycles. The summed E-state index contributed by atoms with van der Waals surface area (Å²) in [6.07, 6.45) is 6.39. The summed E-state index contributed by atoms with van der Waals surface area (Å²) in [5.41, 5.74) is 3.45. The van der Waals surface area contributed by atoms with E-state index in [1.54, 1.807) is 11.3 Å². The summed E-state index contributed by atoms with van der Waals surface area (Å²) < 4.78 is 6.82. The molecule has 0 unspecified atom stereocenters. The van der Waals surface area contributed by atoms with Crippen molar-refractivity contribution in [3.05, 3.63) is 46.0 Å². The molecule has 4 heteroatoms. The predicted octanol–water partition coefficient (Wildman–Crippen LogP) is 7.01. The van der Waals surface area contributed by atoms with E-state index < -0.39 is 8.32 Å². The van der Waals surface area contributed by atoms with Crippen LogP contribution < -0.4 is 0 Å². The highest BCUT2D eigenvalue weighted by molar-refractivity contribution is 7.09. The second kappa shape index (κ2) is 8.61. The number of hydrogen-bond donors (Lipinski definition) is 0. The zero-order valence-electron chi connectivity index (χ0n) is 17.4. The van der Waals surface area contributed by atoms with Gasteiger partial charge in [-0.05, 0) is 50.6 Å². The van der Waals surface area contributed by atoms with Crippen molar-refractivity contribution >= 4 is 25.7 Å². The maximum Gasteiger partial charge on any atom is 0.192 e.